The van der Waals surface area contributed by atoms with E-state index in [1.807, 2.05) is 25.1 Å². The van der Waals surface area contributed by atoms with Gasteiger partial charge >= 0.3 is 6.18 Å². The van der Waals surface area contributed by atoms with Crippen LogP contribution in [0.25, 0.3) is 11.3 Å². The Morgan fingerprint density at radius 1 is 1.10 bits per heavy atom. The minimum atomic E-state index is -4.44. The Balaban J connectivity index is 1.37. The van der Waals surface area contributed by atoms with Gasteiger partial charge in [-0.25, -0.2) is 4.98 Å². The first-order valence-electron chi connectivity index (χ1n) is 10.1. The number of rotatable bonds is 4. The van der Waals surface area contributed by atoms with Gasteiger partial charge in [0.2, 0.25) is 0 Å². The van der Waals surface area contributed by atoms with E-state index in [1.54, 1.807) is 0 Å². The first-order chi connectivity index (χ1) is 14.8. The SMILES string of the molecule is Cc1cccc(N2CCC(NC(=O)c3ccc(-c4cccc(C(F)(F)F)c4)o3)CC2)n1. The van der Waals surface area contributed by atoms with E-state index < -0.39 is 11.7 Å². The van der Waals surface area contributed by atoms with Crippen LogP contribution in [0.3, 0.4) is 0 Å². The molecule has 1 aliphatic rings. The summed E-state index contributed by atoms with van der Waals surface area (Å²) in [6.45, 7) is 3.50. The molecule has 1 saturated heterocycles. The molecule has 1 amide bonds. The maximum Gasteiger partial charge on any atom is 0.416 e. The Bertz CT molecular complexity index is 1070. The van der Waals surface area contributed by atoms with Crippen molar-refractivity contribution in [3.63, 3.8) is 0 Å². The van der Waals surface area contributed by atoms with Crippen LogP contribution in [0.15, 0.2) is 59.0 Å². The maximum atomic E-state index is 12.9. The minimum Gasteiger partial charge on any atom is -0.451 e. The number of carbonyl (C=O) groups is 1. The standard InChI is InChI=1S/C23H22F3N3O2/c1-15-4-2-7-21(27-15)29-12-10-18(11-13-29)28-22(30)20-9-8-19(31-20)16-5-3-6-17(14-16)23(24,25)26/h2-9,14,18H,10-13H2,1H3,(H,28,30). The molecule has 0 bridgehead atoms. The molecule has 162 valence electrons. The van der Waals surface area contributed by atoms with Gasteiger partial charge in [0, 0.05) is 30.4 Å². The highest BCUT2D eigenvalue weighted by atomic mass is 19.4. The first kappa shape index (κ1) is 21.0. The van der Waals surface area contributed by atoms with Crippen LogP contribution >= 0.6 is 0 Å². The highest BCUT2D eigenvalue weighted by molar-refractivity contribution is 5.92. The zero-order chi connectivity index (χ0) is 22.0. The number of aromatic nitrogens is 1. The molecule has 31 heavy (non-hydrogen) atoms. The summed E-state index contributed by atoms with van der Waals surface area (Å²) in [4.78, 5) is 19.3. The van der Waals surface area contributed by atoms with E-state index in [0.717, 1.165) is 49.6 Å². The highest BCUT2D eigenvalue weighted by Crippen LogP contribution is 2.32. The molecule has 2 aromatic heterocycles. The zero-order valence-corrected chi connectivity index (χ0v) is 16.9. The number of hydrogen-bond donors (Lipinski definition) is 1. The molecule has 0 saturated carbocycles. The van der Waals surface area contributed by atoms with Crippen molar-refractivity contribution in [1.82, 2.24) is 10.3 Å². The van der Waals surface area contributed by atoms with Crippen molar-refractivity contribution < 1.29 is 22.4 Å². The molecule has 0 atom stereocenters. The van der Waals surface area contributed by atoms with E-state index in [-0.39, 0.29) is 29.0 Å². The third kappa shape index (κ3) is 4.90. The molecular formula is C23H22F3N3O2. The second kappa shape index (κ2) is 8.45. The number of nitrogens with one attached hydrogen (secondary N) is 1. The third-order valence-corrected chi connectivity index (χ3v) is 5.33. The van der Waals surface area contributed by atoms with Gasteiger partial charge in [-0.15, -0.1) is 0 Å². The summed E-state index contributed by atoms with van der Waals surface area (Å²) in [7, 11) is 0. The van der Waals surface area contributed by atoms with Crippen LogP contribution in [0.1, 0.15) is 34.7 Å². The van der Waals surface area contributed by atoms with Gasteiger partial charge in [0.15, 0.2) is 5.76 Å². The van der Waals surface area contributed by atoms with Gasteiger partial charge in [-0.3, -0.25) is 4.79 Å². The minimum absolute atomic E-state index is 0.00401. The van der Waals surface area contributed by atoms with E-state index in [1.165, 1.54) is 24.3 Å². The van der Waals surface area contributed by atoms with Crippen molar-refractivity contribution in [2.24, 2.45) is 0 Å². The largest absolute Gasteiger partial charge is 0.451 e. The number of anilines is 1. The van der Waals surface area contributed by atoms with E-state index in [2.05, 4.69) is 15.2 Å². The maximum absolute atomic E-state index is 12.9. The van der Waals surface area contributed by atoms with Gasteiger partial charge in [-0.2, -0.15) is 13.2 Å². The van der Waals surface area contributed by atoms with Crippen molar-refractivity contribution in [2.75, 3.05) is 18.0 Å². The van der Waals surface area contributed by atoms with Crippen LogP contribution < -0.4 is 10.2 Å². The molecule has 1 fully saturated rings. The van der Waals surface area contributed by atoms with Gasteiger partial charge in [0.1, 0.15) is 11.6 Å². The number of nitrogens with zero attached hydrogens (tertiary/aromatic N) is 2. The van der Waals surface area contributed by atoms with Crippen LogP contribution in [0.4, 0.5) is 19.0 Å². The Morgan fingerprint density at radius 3 is 2.55 bits per heavy atom. The predicted octanol–water partition coefficient (Wildman–Crippen LogP) is 5.07. The number of alkyl halides is 3. The molecule has 5 nitrogen and oxygen atoms in total. The van der Waals surface area contributed by atoms with Crippen LogP contribution in [0.5, 0.6) is 0 Å². The van der Waals surface area contributed by atoms with E-state index in [4.69, 9.17) is 4.42 Å². The average Bonchev–Trinajstić information content (AvgIpc) is 3.24. The second-order valence-corrected chi connectivity index (χ2v) is 7.61. The van der Waals surface area contributed by atoms with E-state index in [9.17, 15) is 18.0 Å². The molecule has 1 N–H and O–H groups in total. The van der Waals surface area contributed by atoms with E-state index in [0.29, 0.717) is 0 Å². The molecule has 1 aromatic carbocycles. The number of piperidine rings is 1. The Hall–Kier alpha value is -3.29. The quantitative estimate of drug-likeness (QED) is 0.629. The third-order valence-electron chi connectivity index (χ3n) is 5.33. The van der Waals surface area contributed by atoms with E-state index >= 15 is 0 Å². The Kier molecular flexibility index (Phi) is 5.71. The van der Waals surface area contributed by atoms with Crippen LogP contribution in [0, 0.1) is 6.92 Å². The van der Waals surface area contributed by atoms with Crippen LogP contribution in [-0.4, -0.2) is 30.0 Å². The number of aryl methyl sites for hydroxylation is 1. The average molecular weight is 429 g/mol. The lowest BCUT2D eigenvalue weighted by Gasteiger charge is -2.33. The van der Waals surface area contributed by atoms with Crippen molar-refractivity contribution in [1.29, 1.82) is 0 Å². The zero-order valence-electron chi connectivity index (χ0n) is 16.9. The molecule has 3 heterocycles. The number of benzene rings is 1. The molecule has 0 unspecified atom stereocenters. The Labute approximate surface area is 177 Å². The fraction of sp³-hybridized carbons (Fsp3) is 0.304. The molecule has 3 aromatic rings. The van der Waals surface area contributed by atoms with Crippen molar-refractivity contribution >= 4 is 11.7 Å². The lowest BCUT2D eigenvalue weighted by Crippen LogP contribution is -2.44. The monoisotopic (exact) mass is 429 g/mol. The molecular weight excluding hydrogens is 407 g/mol. The predicted molar refractivity (Wildman–Crippen MR) is 111 cm³/mol. The summed E-state index contributed by atoms with van der Waals surface area (Å²) in [6, 6.07) is 13.7. The number of hydrogen-bond acceptors (Lipinski definition) is 4. The Morgan fingerprint density at radius 2 is 1.84 bits per heavy atom. The fourth-order valence-corrected chi connectivity index (χ4v) is 3.68. The molecule has 1 aliphatic heterocycles. The highest BCUT2D eigenvalue weighted by Gasteiger charge is 2.31. The van der Waals surface area contributed by atoms with Crippen LogP contribution in [0.2, 0.25) is 0 Å². The summed E-state index contributed by atoms with van der Waals surface area (Å²) < 4.78 is 44.3. The van der Waals surface area contributed by atoms with Gasteiger partial charge < -0.3 is 14.6 Å². The van der Waals surface area contributed by atoms with Gasteiger partial charge in [0.25, 0.3) is 5.91 Å². The molecule has 4 rings (SSSR count). The number of amides is 1. The van der Waals surface area contributed by atoms with Gasteiger partial charge in [-0.05, 0) is 56.2 Å². The fourth-order valence-electron chi connectivity index (χ4n) is 3.68. The summed E-state index contributed by atoms with van der Waals surface area (Å²) in [5.41, 5.74) is 0.470. The number of carbonyl (C=O) groups excluding carboxylic acids is 1. The van der Waals surface area contributed by atoms with Gasteiger partial charge in [-0.1, -0.05) is 18.2 Å². The number of halogens is 3. The lowest BCUT2D eigenvalue weighted by atomic mass is 10.0. The second-order valence-electron chi connectivity index (χ2n) is 7.61. The normalized spacial score (nSPS) is 15.2. The van der Waals surface area contributed by atoms with Crippen molar-refractivity contribution in [3.8, 4) is 11.3 Å². The number of furan rings is 1. The summed E-state index contributed by atoms with van der Waals surface area (Å²) >= 11 is 0. The van der Waals surface area contributed by atoms with Crippen molar-refractivity contribution in [3.05, 3.63) is 71.6 Å². The summed E-state index contributed by atoms with van der Waals surface area (Å²) in [6.07, 6.45) is -2.91. The lowest BCUT2D eigenvalue weighted by molar-refractivity contribution is -0.137. The molecule has 0 spiro atoms. The molecule has 8 heteroatoms. The first-order valence-corrected chi connectivity index (χ1v) is 10.1. The topological polar surface area (TPSA) is 58.4 Å². The summed E-state index contributed by atoms with van der Waals surface area (Å²) in [5, 5.41) is 2.96. The van der Waals surface area contributed by atoms with Crippen LogP contribution in [-0.2, 0) is 6.18 Å². The smallest absolute Gasteiger partial charge is 0.416 e. The van der Waals surface area contributed by atoms with Crippen molar-refractivity contribution in [2.45, 2.75) is 32.0 Å². The van der Waals surface area contributed by atoms with Gasteiger partial charge in [0.05, 0.1) is 5.56 Å². The number of pyridine rings is 1. The molecule has 0 radical (unpaired) electrons. The molecule has 0 aliphatic carbocycles. The summed E-state index contributed by atoms with van der Waals surface area (Å²) in [5.74, 6) is 0.860.